The van der Waals surface area contributed by atoms with Gasteiger partial charge in [-0.05, 0) is 92.1 Å². The van der Waals surface area contributed by atoms with Gasteiger partial charge in [0.15, 0.2) is 0 Å². The van der Waals surface area contributed by atoms with Crippen LogP contribution in [0.15, 0.2) is 60.7 Å². The average Bonchev–Trinajstić information content (AvgIpc) is 3.71. The van der Waals surface area contributed by atoms with Gasteiger partial charge in [0, 0.05) is 57.3 Å². The Labute approximate surface area is 357 Å². The third kappa shape index (κ3) is 9.69. The van der Waals surface area contributed by atoms with Gasteiger partial charge in [0.2, 0.25) is 17.8 Å². The van der Waals surface area contributed by atoms with Crippen LogP contribution in [0.1, 0.15) is 101 Å². The van der Waals surface area contributed by atoms with Gasteiger partial charge in [-0.2, -0.15) is 13.2 Å². The summed E-state index contributed by atoms with van der Waals surface area (Å²) in [5.74, 6) is -1.54. The van der Waals surface area contributed by atoms with Crippen molar-refractivity contribution in [1.82, 2.24) is 29.6 Å². The van der Waals surface area contributed by atoms with Gasteiger partial charge in [-0.1, -0.05) is 26.5 Å². The number of piperidine rings is 1. The summed E-state index contributed by atoms with van der Waals surface area (Å²) in [6.07, 6.45) is -0.505. The molecule has 4 heterocycles. The second-order valence-corrected chi connectivity index (χ2v) is 16.3. The molecule has 17 heteroatoms. The first-order valence-electron chi connectivity index (χ1n) is 20.8. The number of hydrogen-bond acceptors (Lipinski definition) is 10. The fourth-order valence-corrected chi connectivity index (χ4v) is 8.69. The summed E-state index contributed by atoms with van der Waals surface area (Å²) >= 11 is 0. The van der Waals surface area contributed by atoms with Gasteiger partial charge in [0.1, 0.15) is 18.4 Å². The van der Waals surface area contributed by atoms with Crippen LogP contribution in [0, 0.1) is 5.92 Å². The number of amides is 5. The first-order chi connectivity index (χ1) is 29.3. The zero-order valence-electron chi connectivity index (χ0n) is 33.8. The summed E-state index contributed by atoms with van der Waals surface area (Å²) < 4.78 is 53.9. The number of carbonyl (C=O) groups excluding carboxylic acids is 5. The van der Waals surface area contributed by atoms with Gasteiger partial charge in [-0.25, -0.2) is 4.98 Å². The number of hydrogen-bond donors (Lipinski definition) is 2. The van der Waals surface area contributed by atoms with Crippen molar-refractivity contribution < 1.29 is 46.6 Å². The van der Waals surface area contributed by atoms with Gasteiger partial charge >= 0.3 is 6.18 Å². The van der Waals surface area contributed by atoms with Crippen molar-refractivity contribution in [3.63, 3.8) is 0 Å². The standard InChI is InChI=1S/C44H48F3N7O7.CH4/c1-27-5-8-31(9-6-27)53-36-12-7-28(23-35(36)48-43(53)50-39(56)29-3-2-4-30(24-29)44(45,46)47)26-52-17-15-51(16-18-52)19-20-60-21-22-61-32-10-11-33-34(25-32)42(59)54(41(33)58)37-13-14-38(55)49-40(37)57;/h2-4,7,10-12,23-25,27,31,37H,5-6,8-9,13-22,26H2,1H3,(H,48,50,56)(H,49,55,57);1H4. The Morgan fingerprint density at radius 3 is 2.34 bits per heavy atom. The topological polar surface area (TPSA) is 155 Å². The molecule has 3 aromatic carbocycles. The van der Waals surface area contributed by atoms with E-state index in [0.717, 1.165) is 98.6 Å². The maximum Gasteiger partial charge on any atom is 0.416 e. The minimum absolute atomic E-state index is 0. The number of alkyl halides is 3. The zero-order chi connectivity index (χ0) is 42.8. The number of nitrogens with one attached hydrogen (secondary N) is 2. The highest BCUT2D eigenvalue weighted by Crippen LogP contribution is 2.37. The normalized spacial score (nSPS) is 21.2. The number of fused-ring (bicyclic) bond motifs is 2. The van der Waals surface area contributed by atoms with E-state index in [0.29, 0.717) is 30.8 Å². The van der Waals surface area contributed by atoms with Crippen LogP contribution in [0.3, 0.4) is 0 Å². The van der Waals surface area contributed by atoms with Gasteiger partial charge in [-0.3, -0.25) is 49.3 Å². The van der Waals surface area contributed by atoms with Crippen molar-refractivity contribution in [2.75, 3.05) is 57.9 Å². The maximum absolute atomic E-state index is 13.4. The van der Waals surface area contributed by atoms with E-state index < -0.39 is 47.3 Å². The largest absolute Gasteiger partial charge is 0.491 e. The molecule has 1 aliphatic carbocycles. The molecule has 1 unspecified atom stereocenters. The number of halogens is 3. The number of aromatic nitrogens is 2. The fraction of sp³-hybridized carbons (Fsp3) is 0.467. The zero-order valence-corrected chi connectivity index (χ0v) is 33.8. The van der Waals surface area contributed by atoms with Crippen molar-refractivity contribution in [3.05, 3.63) is 88.5 Å². The van der Waals surface area contributed by atoms with Gasteiger partial charge in [0.25, 0.3) is 17.7 Å². The molecule has 2 saturated heterocycles. The first kappa shape index (κ1) is 44.4. The van der Waals surface area contributed by atoms with Crippen LogP contribution in [0.4, 0.5) is 19.1 Å². The van der Waals surface area contributed by atoms with Crippen LogP contribution in [-0.4, -0.2) is 112 Å². The van der Waals surface area contributed by atoms with Crippen molar-refractivity contribution in [3.8, 4) is 5.75 Å². The number of anilines is 1. The van der Waals surface area contributed by atoms with E-state index >= 15 is 0 Å². The number of ether oxygens (including phenoxy) is 2. The Morgan fingerprint density at radius 2 is 1.60 bits per heavy atom. The smallest absolute Gasteiger partial charge is 0.416 e. The molecule has 1 saturated carbocycles. The van der Waals surface area contributed by atoms with E-state index in [1.165, 1.54) is 24.3 Å². The third-order valence-corrected chi connectivity index (χ3v) is 12.1. The molecular weight excluding hydrogens is 808 g/mol. The number of piperazine rings is 1. The number of rotatable bonds is 13. The van der Waals surface area contributed by atoms with Gasteiger partial charge < -0.3 is 14.0 Å². The van der Waals surface area contributed by atoms with Crippen molar-refractivity contribution >= 4 is 46.5 Å². The second-order valence-electron chi connectivity index (χ2n) is 16.3. The van der Waals surface area contributed by atoms with Crippen LogP contribution in [0.2, 0.25) is 0 Å². The number of imide groups is 2. The van der Waals surface area contributed by atoms with Crippen molar-refractivity contribution in [2.24, 2.45) is 5.92 Å². The van der Waals surface area contributed by atoms with Crippen molar-refractivity contribution in [2.45, 2.75) is 77.7 Å². The lowest BCUT2D eigenvalue weighted by atomic mass is 9.87. The number of nitrogens with zero attached hydrogens (tertiary/aromatic N) is 5. The Hall–Kier alpha value is -5.65. The predicted molar refractivity (Wildman–Crippen MR) is 224 cm³/mol. The molecule has 0 bridgehead atoms. The Balaban J connectivity index is 0.00000578. The number of carbonyl (C=O) groups is 5. The Bertz CT molecular complexity index is 2330. The summed E-state index contributed by atoms with van der Waals surface area (Å²) in [5, 5.41) is 5.03. The monoisotopic (exact) mass is 859 g/mol. The maximum atomic E-state index is 13.4. The van der Waals surface area contributed by atoms with Crippen molar-refractivity contribution in [1.29, 1.82) is 0 Å². The van der Waals surface area contributed by atoms with E-state index in [1.807, 2.05) is 12.1 Å². The third-order valence-electron chi connectivity index (χ3n) is 12.1. The minimum Gasteiger partial charge on any atom is -0.491 e. The van der Waals surface area contributed by atoms with Crippen LogP contribution < -0.4 is 15.4 Å². The quantitative estimate of drug-likeness (QED) is 0.116. The molecule has 4 aliphatic rings. The Kier molecular flexibility index (Phi) is 13.4. The predicted octanol–water partition coefficient (Wildman–Crippen LogP) is 6.31. The molecule has 0 spiro atoms. The summed E-state index contributed by atoms with van der Waals surface area (Å²) in [5.41, 5.74) is 2.07. The van der Waals surface area contributed by atoms with E-state index in [2.05, 4.69) is 38.0 Å². The summed E-state index contributed by atoms with van der Waals surface area (Å²) in [6, 6.07) is 14.3. The first-order valence-corrected chi connectivity index (χ1v) is 20.8. The highest BCUT2D eigenvalue weighted by molar-refractivity contribution is 6.23. The van der Waals surface area contributed by atoms with Crippen LogP contribution >= 0.6 is 0 Å². The highest BCUT2D eigenvalue weighted by Gasteiger charge is 2.44. The lowest BCUT2D eigenvalue weighted by Gasteiger charge is -2.34. The van der Waals surface area contributed by atoms with Crippen LogP contribution in [0.5, 0.6) is 5.75 Å². The highest BCUT2D eigenvalue weighted by atomic mass is 19.4. The van der Waals surface area contributed by atoms with E-state index in [4.69, 9.17) is 14.5 Å². The van der Waals surface area contributed by atoms with E-state index in [-0.39, 0.29) is 49.6 Å². The van der Waals surface area contributed by atoms with Crippen LogP contribution in [0.25, 0.3) is 11.0 Å². The molecule has 2 N–H and O–H groups in total. The fourth-order valence-electron chi connectivity index (χ4n) is 8.69. The summed E-state index contributed by atoms with van der Waals surface area (Å²) in [4.78, 5) is 73.7. The molecule has 1 aromatic heterocycles. The van der Waals surface area contributed by atoms with E-state index in [9.17, 15) is 37.1 Å². The molecule has 3 fully saturated rings. The average molecular weight is 860 g/mol. The SMILES string of the molecule is C.CC1CCC(n2c(NC(=O)c3cccc(C(F)(F)F)c3)nc3cc(CN4CCN(CCOCCOc5ccc6c(c5)C(=O)N(C5CCC(=O)NC5=O)C6=O)CC4)ccc32)CC1. The van der Waals surface area contributed by atoms with Crippen LogP contribution in [-0.2, 0) is 27.0 Å². The molecule has 1 atom stereocenters. The second kappa shape index (κ2) is 18.8. The molecule has 0 radical (unpaired) electrons. The minimum atomic E-state index is -4.56. The van der Waals surface area contributed by atoms with Gasteiger partial charge in [0.05, 0.1) is 40.9 Å². The summed E-state index contributed by atoms with van der Waals surface area (Å²) in [6.45, 7) is 8.19. The molecule has 62 heavy (non-hydrogen) atoms. The molecule has 5 amide bonds. The summed E-state index contributed by atoms with van der Waals surface area (Å²) in [7, 11) is 0. The lowest BCUT2D eigenvalue weighted by Crippen LogP contribution is -2.54. The number of imidazole rings is 1. The molecular formula is C45H52F3N7O7. The molecule has 8 rings (SSSR count). The lowest BCUT2D eigenvalue weighted by molar-refractivity contribution is -0.138. The molecule has 3 aliphatic heterocycles. The van der Waals surface area contributed by atoms with Gasteiger partial charge in [-0.15, -0.1) is 0 Å². The Morgan fingerprint density at radius 1 is 0.855 bits per heavy atom. The molecule has 330 valence electrons. The van der Waals surface area contributed by atoms with E-state index in [1.54, 1.807) is 6.07 Å². The molecule has 14 nitrogen and oxygen atoms in total. The molecule has 4 aromatic rings. The number of benzene rings is 3.